The average Bonchev–Trinajstić information content (AvgIpc) is 3.25. The standard InChI is InChI=1S/C35H56O8/c1-19(2)21(12-15-36)7-6-20(3)29-27(38)17-26-24-9-8-22-16-23(10-13-34(22,4)25(24)11-14-35(26,29)5)42-33-32(41)31(40)30(39)28(18-37)43-33/h9,11-12,19-20,22-23,26-33,36-41H,6-8,10,13-18H2,1-5H3/t20-,22+,23+,26+,27+,28-,29+,30-,31+,32-,33-,34+,35+/m1/s1. The number of allylic oxidation sites excluding steroid dienone is 5. The van der Waals surface area contributed by atoms with E-state index in [1.54, 1.807) is 0 Å². The van der Waals surface area contributed by atoms with Gasteiger partial charge in [0, 0.05) is 0 Å². The highest BCUT2D eigenvalue weighted by Crippen LogP contribution is 2.65. The van der Waals surface area contributed by atoms with Crippen molar-refractivity contribution in [1.29, 1.82) is 0 Å². The Balaban J connectivity index is 1.28. The maximum atomic E-state index is 11.5. The van der Waals surface area contributed by atoms with Crippen molar-refractivity contribution in [2.75, 3.05) is 13.2 Å². The van der Waals surface area contributed by atoms with Crippen molar-refractivity contribution in [1.82, 2.24) is 0 Å². The van der Waals surface area contributed by atoms with E-state index in [1.165, 1.54) is 16.7 Å². The van der Waals surface area contributed by atoms with E-state index in [0.29, 0.717) is 23.7 Å². The van der Waals surface area contributed by atoms with Crippen molar-refractivity contribution in [2.24, 2.45) is 40.4 Å². The fourth-order valence-corrected chi connectivity index (χ4v) is 9.71. The predicted molar refractivity (Wildman–Crippen MR) is 164 cm³/mol. The second-order valence-electron chi connectivity index (χ2n) is 15.1. The van der Waals surface area contributed by atoms with Gasteiger partial charge in [-0.2, -0.15) is 0 Å². The molecule has 1 aliphatic heterocycles. The first-order valence-corrected chi connectivity index (χ1v) is 16.7. The fraction of sp³-hybridized carbons (Fsp3) is 0.829. The molecular formula is C35H56O8. The SMILES string of the molecule is CC(C)C(=CCO)CC[C@@H](C)[C@H]1[C@@H](O)C[C@H]2C3=CC[C@H]4C[C@@H](O[C@@H]5O[C@H](CO)[C@@H](O)[C@H](O)[C@H]5O)CC[C@]4(C)C3=CC[C@]12C. The normalized spacial score (nSPS) is 45.6. The lowest BCUT2D eigenvalue weighted by atomic mass is 9.51. The molecule has 0 radical (unpaired) electrons. The summed E-state index contributed by atoms with van der Waals surface area (Å²) >= 11 is 0. The molecule has 0 amide bonds. The highest BCUT2D eigenvalue weighted by molar-refractivity contribution is 5.46. The lowest BCUT2D eigenvalue weighted by Gasteiger charge is -2.54. The van der Waals surface area contributed by atoms with E-state index in [-0.39, 0.29) is 35.6 Å². The summed E-state index contributed by atoms with van der Waals surface area (Å²) in [6, 6.07) is 0. The Morgan fingerprint density at radius 3 is 2.47 bits per heavy atom. The van der Waals surface area contributed by atoms with Crippen molar-refractivity contribution < 1.29 is 40.1 Å². The Bertz CT molecular complexity index is 1080. The van der Waals surface area contributed by atoms with Gasteiger partial charge in [0.2, 0.25) is 0 Å². The molecule has 1 heterocycles. The van der Waals surface area contributed by atoms with Crippen LogP contribution in [0.25, 0.3) is 0 Å². The van der Waals surface area contributed by atoms with Gasteiger partial charge in [0.15, 0.2) is 6.29 Å². The maximum Gasteiger partial charge on any atom is 0.186 e. The topological polar surface area (TPSA) is 140 Å². The van der Waals surface area contributed by atoms with Gasteiger partial charge in [-0.3, -0.25) is 0 Å². The molecule has 0 bridgehead atoms. The summed E-state index contributed by atoms with van der Waals surface area (Å²) in [6.07, 6.45) is 7.32. The van der Waals surface area contributed by atoms with E-state index in [4.69, 9.17) is 9.47 Å². The number of aliphatic hydroxyl groups excluding tert-OH is 6. The van der Waals surface area contributed by atoms with E-state index in [1.807, 2.05) is 6.08 Å². The van der Waals surface area contributed by atoms with Gasteiger partial charge in [-0.25, -0.2) is 0 Å². The number of ether oxygens (including phenoxy) is 2. The van der Waals surface area contributed by atoms with E-state index >= 15 is 0 Å². The number of rotatable bonds is 9. The molecule has 3 fully saturated rings. The van der Waals surface area contributed by atoms with Crippen LogP contribution in [0.4, 0.5) is 0 Å². The summed E-state index contributed by atoms with van der Waals surface area (Å²) in [5, 5.41) is 61.3. The van der Waals surface area contributed by atoms with Crippen LogP contribution < -0.4 is 0 Å². The summed E-state index contributed by atoms with van der Waals surface area (Å²) in [4.78, 5) is 0. The van der Waals surface area contributed by atoms with Gasteiger partial charge in [0.05, 0.1) is 25.4 Å². The lowest BCUT2D eigenvalue weighted by Crippen LogP contribution is -2.60. The van der Waals surface area contributed by atoms with E-state index in [0.717, 1.165) is 51.4 Å². The minimum Gasteiger partial charge on any atom is -0.394 e. The van der Waals surface area contributed by atoms with Crippen molar-refractivity contribution in [3.8, 4) is 0 Å². The zero-order valence-electron chi connectivity index (χ0n) is 26.7. The van der Waals surface area contributed by atoms with Gasteiger partial charge in [0.25, 0.3) is 0 Å². The fourth-order valence-electron chi connectivity index (χ4n) is 9.71. The van der Waals surface area contributed by atoms with Crippen LogP contribution in [0.3, 0.4) is 0 Å². The van der Waals surface area contributed by atoms with Crippen molar-refractivity contribution >= 4 is 0 Å². The Kier molecular flexibility index (Phi) is 10.0. The highest BCUT2D eigenvalue weighted by Gasteiger charge is 2.58. The second-order valence-corrected chi connectivity index (χ2v) is 15.1. The van der Waals surface area contributed by atoms with E-state index < -0.39 is 37.3 Å². The van der Waals surface area contributed by atoms with Crippen LogP contribution >= 0.6 is 0 Å². The Morgan fingerprint density at radius 2 is 1.79 bits per heavy atom. The summed E-state index contributed by atoms with van der Waals surface area (Å²) in [6.45, 7) is 11.1. The summed E-state index contributed by atoms with van der Waals surface area (Å²) in [7, 11) is 0. The number of fused-ring (bicyclic) bond motifs is 5. The molecule has 4 aliphatic carbocycles. The van der Waals surface area contributed by atoms with Gasteiger partial charge in [-0.05, 0) is 103 Å². The Morgan fingerprint density at radius 1 is 1.05 bits per heavy atom. The number of aliphatic hydroxyl groups is 6. The summed E-state index contributed by atoms with van der Waals surface area (Å²) < 4.78 is 11.8. The van der Waals surface area contributed by atoms with Crippen LogP contribution in [0.15, 0.2) is 34.9 Å². The predicted octanol–water partition coefficient (Wildman–Crippen LogP) is 3.63. The zero-order valence-corrected chi connectivity index (χ0v) is 26.7. The number of hydrogen-bond acceptors (Lipinski definition) is 8. The van der Waals surface area contributed by atoms with Crippen LogP contribution in [0.1, 0.15) is 86.0 Å². The molecule has 13 atom stereocenters. The highest BCUT2D eigenvalue weighted by atomic mass is 16.7. The molecule has 5 rings (SSSR count). The molecule has 8 nitrogen and oxygen atoms in total. The Labute approximate surface area is 257 Å². The molecule has 8 heteroatoms. The van der Waals surface area contributed by atoms with Crippen molar-refractivity contribution in [3.63, 3.8) is 0 Å². The van der Waals surface area contributed by atoms with E-state index in [9.17, 15) is 30.6 Å². The molecule has 6 N–H and O–H groups in total. The third-order valence-electron chi connectivity index (χ3n) is 12.3. The first-order valence-electron chi connectivity index (χ1n) is 16.7. The maximum absolute atomic E-state index is 11.5. The molecule has 244 valence electrons. The molecule has 5 aliphatic rings. The van der Waals surface area contributed by atoms with Crippen LogP contribution in [0.5, 0.6) is 0 Å². The van der Waals surface area contributed by atoms with Gasteiger partial charge in [-0.15, -0.1) is 0 Å². The molecule has 0 aromatic heterocycles. The molecular weight excluding hydrogens is 548 g/mol. The zero-order chi connectivity index (χ0) is 31.3. The minimum atomic E-state index is -1.44. The van der Waals surface area contributed by atoms with Crippen LogP contribution in [-0.2, 0) is 9.47 Å². The molecule has 2 saturated carbocycles. The van der Waals surface area contributed by atoms with Gasteiger partial charge in [0.1, 0.15) is 24.4 Å². The van der Waals surface area contributed by atoms with Crippen LogP contribution in [0.2, 0.25) is 0 Å². The summed E-state index contributed by atoms with van der Waals surface area (Å²) in [5.41, 5.74) is 4.22. The van der Waals surface area contributed by atoms with E-state index in [2.05, 4.69) is 46.8 Å². The smallest absolute Gasteiger partial charge is 0.186 e. The molecule has 0 aromatic carbocycles. The van der Waals surface area contributed by atoms with Crippen LogP contribution in [0, 0.1) is 40.4 Å². The van der Waals surface area contributed by atoms with Crippen molar-refractivity contribution in [3.05, 3.63) is 34.9 Å². The third-order valence-corrected chi connectivity index (χ3v) is 12.3. The quantitative estimate of drug-likeness (QED) is 0.219. The van der Waals surface area contributed by atoms with Gasteiger partial charge in [-0.1, -0.05) is 58.4 Å². The Hall–Kier alpha value is -1.10. The van der Waals surface area contributed by atoms with Crippen molar-refractivity contribution in [2.45, 2.75) is 129 Å². The molecule has 0 aromatic rings. The monoisotopic (exact) mass is 604 g/mol. The first kappa shape index (κ1) is 33.3. The second kappa shape index (κ2) is 13.0. The van der Waals surface area contributed by atoms with Gasteiger partial charge >= 0.3 is 0 Å². The molecule has 0 unspecified atom stereocenters. The average molecular weight is 605 g/mol. The number of hydrogen-bond donors (Lipinski definition) is 6. The largest absolute Gasteiger partial charge is 0.394 e. The molecule has 0 spiro atoms. The lowest BCUT2D eigenvalue weighted by molar-refractivity contribution is -0.314. The van der Waals surface area contributed by atoms with Crippen LogP contribution in [-0.4, -0.2) is 86.8 Å². The molecule has 1 saturated heterocycles. The van der Waals surface area contributed by atoms with Gasteiger partial charge < -0.3 is 40.1 Å². The minimum absolute atomic E-state index is 0.0105. The summed E-state index contributed by atoms with van der Waals surface area (Å²) in [5.74, 6) is 1.73. The first-order chi connectivity index (χ1) is 20.3. The molecule has 43 heavy (non-hydrogen) atoms. The third kappa shape index (κ3) is 5.96.